The van der Waals surface area contributed by atoms with Gasteiger partial charge in [0.1, 0.15) is 16.9 Å². The van der Waals surface area contributed by atoms with Crippen LogP contribution in [-0.4, -0.2) is 24.0 Å². The molecule has 0 spiro atoms. The third kappa shape index (κ3) is 2.86. The van der Waals surface area contributed by atoms with Crippen LogP contribution in [0.25, 0.3) is 11.0 Å². The molecule has 0 aliphatic heterocycles. The lowest BCUT2D eigenvalue weighted by molar-refractivity contribution is -0.136. The van der Waals surface area contributed by atoms with E-state index in [2.05, 4.69) is 0 Å². The molecule has 1 heterocycles. The fraction of sp³-hybridized carbons (Fsp3) is 0.111. The first kappa shape index (κ1) is 16.1. The van der Waals surface area contributed by atoms with Crippen LogP contribution < -0.4 is 4.74 Å². The van der Waals surface area contributed by atoms with E-state index in [-0.39, 0.29) is 23.5 Å². The molecule has 0 saturated carbocycles. The van der Waals surface area contributed by atoms with Crippen molar-refractivity contribution in [1.82, 2.24) is 0 Å². The number of halogens is 1. The Morgan fingerprint density at radius 2 is 1.92 bits per heavy atom. The fourth-order valence-electron chi connectivity index (χ4n) is 2.63. The molecule has 0 bridgehead atoms. The van der Waals surface area contributed by atoms with Gasteiger partial charge in [-0.2, -0.15) is 0 Å². The summed E-state index contributed by atoms with van der Waals surface area (Å²) in [5.74, 6) is -1.13. The van der Waals surface area contributed by atoms with E-state index >= 15 is 0 Å². The zero-order valence-corrected chi connectivity index (χ0v) is 13.5. The lowest BCUT2D eigenvalue weighted by atomic mass is 9.96. The standard InChI is InChI=1S/C18H13ClO5/c1-23-17-12(9-14(20)21)8-11-6-7-24-18(11)15(17)16(22)10-2-4-13(19)5-3-10/h2-8H,9H2,1H3,(H,20,21). The second-order valence-electron chi connectivity index (χ2n) is 5.19. The van der Waals surface area contributed by atoms with E-state index in [1.807, 2.05) is 0 Å². The van der Waals surface area contributed by atoms with Crippen LogP contribution in [0.5, 0.6) is 5.75 Å². The van der Waals surface area contributed by atoms with Gasteiger partial charge in [0.15, 0.2) is 0 Å². The van der Waals surface area contributed by atoms with Gasteiger partial charge in [-0.15, -0.1) is 0 Å². The van der Waals surface area contributed by atoms with Gasteiger partial charge in [0.2, 0.25) is 5.78 Å². The lowest BCUT2D eigenvalue weighted by Gasteiger charge is -2.13. The molecule has 6 heteroatoms. The van der Waals surface area contributed by atoms with Gasteiger partial charge in [-0.1, -0.05) is 11.6 Å². The van der Waals surface area contributed by atoms with Crippen molar-refractivity contribution in [2.45, 2.75) is 6.42 Å². The molecular formula is C18H13ClO5. The Labute approximate surface area is 142 Å². The van der Waals surface area contributed by atoms with Crippen LogP contribution in [0.15, 0.2) is 47.1 Å². The van der Waals surface area contributed by atoms with E-state index in [0.29, 0.717) is 27.1 Å². The predicted octanol–water partition coefficient (Wildman–Crippen LogP) is 3.95. The van der Waals surface area contributed by atoms with Crippen LogP contribution >= 0.6 is 11.6 Å². The van der Waals surface area contributed by atoms with Crippen LogP contribution in [-0.2, 0) is 11.2 Å². The molecule has 0 fully saturated rings. The second-order valence-corrected chi connectivity index (χ2v) is 5.63. The summed E-state index contributed by atoms with van der Waals surface area (Å²) in [6.07, 6.45) is 1.19. The van der Waals surface area contributed by atoms with E-state index in [4.69, 9.17) is 25.9 Å². The number of aliphatic carboxylic acids is 1. The van der Waals surface area contributed by atoms with Crippen molar-refractivity contribution in [1.29, 1.82) is 0 Å². The SMILES string of the molecule is COc1c(CC(=O)O)cc2ccoc2c1C(=O)c1ccc(Cl)cc1. The largest absolute Gasteiger partial charge is 0.496 e. The molecule has 0 radical (unpaired) electrons. The Morgan fingerprint density at radius 3 is 2.54 bits per heavy atom. The molecular weight excluding hydrogens is 332 g/mol. The molecule has 0 saturated heterocycles. The van der Waals surface area contributed by atoms with Crippen LogP contribution in [0.3, 0.4) is 0 Å². The third-order valence-corrected chi connectivity index (χ3v) is 3.90. The number of fused-ring (bicyclic) bond motifs is 1. The number of carbonyl (C=O) groups is 2. The first-order valence-electron chi connectivity index (χ1n) is 7.10. The molecule has 0 aliphatic carbocycles. The van der Waals surface area contributed by atoms with Crippen molar-refractivity contribution < 1.29 is 23.8 Å². The Bertz CT molecular complexity index is 924. The maximum absolute atomic E-state index is 13.0. The summed E-state index contributed by atoms with van der Waals surface area (Å²) < 4.78 is 10.8. The van der Waals surface area contributed by atoms with E-state index in [1.54, 1.807) is 36.4 Å². The number of methoxy groups -OCH3 is 1. The van der Waals surface area contributed by atoms with E-state index < -0.39 is 5.97 Å². The lowest BCUT2D eigenvalue weighted by Crippen LogP contribution is -2.09. The minimum Gasteiger partial charge on any atom is -0.496 e. The molecule has 122 valence electrons. The molecule has 1 aromatic heterocycles. The predicted molar refractivity (Wildman–Crippen MR) is 89.0 cm³/mol. The van der Waals surface area contributed by atoms with Crippen molar-refractivity contribution in [3.63, 3.8) is 0 Å². The molecule has 1 N–H and O–H groups in total. The molecule has 0 amide bonds. The van der Waals surface area contributed by atoms with Gasteiger partial charge in [-0.05, 0) is 36.4 Å². The zero-order valence-electron chi connectivity index (χ0n) is 12.7. The summed E-state index contributed by atoms with van der Waals surface area (Å²) in [7, 11) is 1.40. The van der Waals surface area contributed by atoms with Crippen molar-refractivity contribution >= 4 is 34.3 Å². The summed E-state index contributed by atoms with van der Waals surface area (Å²) >= 11 is 5.86. The van der Waals surface area contributed by atoms with E-state index in [0.717, 1.165) is 0 Å². The Kier molecular flexibility index (Phi) is 4.27. The number of carboxylic acids is 1. The molecule has 0 unspecified atom stereocenters. The quantitative estimate of drug-likeness (QED) is 0.709. The Morgan fingerprint density at radius 1 is 1.21 bits per heavy atom. The van der Waals surface area contributed by atoms with Crippen LogP contribution in [0.2, 0.25) is 5.02 Å². The number of ketones is 1. The number of hydrogen-bond acceptors (Lipinski definition) is 4. The summed E-state index contributed by atoms with van der Waals surface area (Å²) in [6.45, 7) is 0. The molecule has 24 heavy (non-hydrogen) atoms. The average Bonchev–Trinajstić information content (AvgIpc) is 3.01. The van der Waals surface area contributed by atoms with Crippen LogP contribution in [0.4, 0.5) is 0 Å². The first-order chi connectivity index (χ1) is 11.5. The van der Waals surface area contributed by atoms with E-state index in [9.17, 15) is 9.59 Å². The highest BCUT2D eigenvalue weighted by molar-refractivity contribution is 6.30. The number of benzene rings is 2. The molecule has 0 aliphatic rings. The molecule has 2 aromatic carbocycles. The highest BCUT2D eigenvalue weighted by atomic mass is 35.5. The van der Waals surface area contributed by atoms with Gasteiger partial charge < -0.3 is 14.3 Å². The highest BCUT2D eigenvalue weighted by Gasteiger charge is 2.24. The summed E-state index contributed by atoms with van der Waals surface area (Å²) in [5.41, 5.74) is 1.39. The van der Waals surface area contributed by atoms with Gasteiger partial charge in [0.05, 0.1) is 19.8 Å². The molecule has 5 nitrogen and oxygen atoms in total. The molecule has 0 atom stereocenters. The van der Waals surface area contributed by atoms with Crippen LogP contribution in [0, 0.1) is 0 Å². The maximum atomic E-state index is 13.0. The van der Waals surface area contributed by atoms with E-state index in [1.165, 1.54) is 13.4 Å². The number of carbonyl (C=O) groups excluding carboxylic acids is 1. The number of carboxylic acid groups (broad SMARTS) is 1. The summed E-state index contributed by atoms with van der Waals surface area (Å²) in [4.78, 5) is 24.1. The zero-order chi connectivity index (χ0) is 17.3. The van der Waals surface area contributed by atoms with Crippen molar-refractivity contribution in [3.05, 3.63) is 64.4 Å². The minimum absolute atomic E-state index is 0.207. The first-order valence-corrected chi connectivity index (χ1v) is 7.48. The second kappa shape index (κ2) is 6.37. The smallest absolute Gasteiger partial charge is 0.307 e. The third-order valence-electron chi connectivity index (χ3n) is 3.65. The van der Waals surface area contributed by atoms with Gasteiger partial charge in [-0.3, -0.25) is 9.59 Å². The minimum atomic E-state index is -1.01. The van der Waals surface area contributed by atoms with Crippen LogP contribution in [0.1, 0.15) is 21.5 Å². The number of hydrogen-bond donors (Lipinski definition) is 1. The Hall–Kier alpha value is -2.79. The Balaban J connectivity index is 2.24. The van der Waals surface area contributed by atoms with Gasteiger partial charge >= 0.3 is 5.97 Å². The van der Waals surface area contributed by atoms with Gasteiger partial charge in [0.25, 0.3) is 0 Å². The van der Waals surface area contributed by atoms with Crippen molar-refractivity contribution in [2.75, 3.05) is 7.11 Å². The summed E-state index contributed by atoms with van der Waals surface area (Å²) in [5, 5.41) is 10.3. The maximum Gasteiger partial charge on any atom is 0.307 e. The normalized spacial score (nSPS) is 10.8. The number of rotatable bonds is 5. The van der Waals surface area contributed by atoms with Gasteiger partial charge in [0, 0.05) is 21.5 Å². The summed E-state index contributed by atoms with van der Waals surface area (Å²) in [6, 6.07) is 9.76. The number of furan rings is 1. The topological polar surface area (TPSA) is 76.7 Å². The average molecular weight is 345 g/mol. The molecule has 3 aromatic rings. The number of ether oxygens (including phenoxy) is 1. The fourth-order valence-corrected chi connectivity index (χ4v) is 2.76. The van der Waals surface area contributed by atoms with Crippen molar-refractivity contribution in [2.24, 2.45) is 0 Å². The molecule has 3 rings (SSSR count). The van der Waals surface area contributed by atoms with Crippen molar-refractivity contribution in [3.8, 4) is 5.75 Å². The van der Waals surface area contributed by atoms with Gasteiger partial charge in [-0.25, -0.2) is 0 Å². The highest BCUT2D eigenvalue weighted by Crippen LogP contribution is 2.35. The monoisotopic (exact) mass is 344 g/mol.